The van der Waals surface area contributed by atoms with Crippen molar-refractivity contribution in [3.63, 3.8) is 0 Å². The van der Waals surface area contributed by atoms with E-state index < -0.39 is 0 Å². The van der Waals surface area contributed by atoms with Crippen LogP contribution in [0.5, 0.6) is 0 Å². The number of urea groups is 1. The highest BCUT2D eigenvalue weighted by Gasteiger charge is 2.35. The summed E-state index contributed by atoms with van der Waals surface area (Å²) < 4.78 is 13.6. The Bertz CT molecular complexity index is 1060. The van der Waals surface area contributed by atoms with Crippen molar-refractivity contribution in [2.24, 2.45) is 0 Å². The molecule has 2 aliphatic rings. The molecule has 6 heteroatoms. The van der Waals surface area contributed by atoms with Gasteiger partial charge in [-0.2, -0.15) is 0 Å². The molecule has 1 atom stereocenters. The van der Waals surface area contributed by atoms with E-state index in [1.165, 1.54) is 30.5 Å². The highest BCUT2D eigenvalue weighted by atomic mass is 35.5. The molecule has 1 aliphatic carbocycles. The van der Waals surface area contributed by atoms with Crippen molar-refractivity contribution in [3.05, 3.63) is 70.1 Å². The number of H-pyrrole nitrogens is 1. The number of hydrogen-bond acceptors (Lipinski definition) is 1. The molecular formula is C23H23ClFN3O. The summed E-state index contributed by atoms with van der Waals surface area (Å²) in [5.74, 6) is -0.282. The van der Waals surface area contributed by atoms with Gasteiger partial charge in [-0.25, -0.2) is 9.18 Å². The number of benzene rings is 2. The molecular weight excluding hydrogens is 389 g/mol. The zero-order valence-corrected chi connectivity index (χ0v) is 16.8. The SMILES string of the molecule is O=C(NC1CCCC1)N1CCc2c([nH]c3ccc(Cl)cc23)C1c1ccc(F)cc1. The van der Waals surface area contributed by atoms with E-state index in [-0.39, 0.29) is 23.9 Å². The lowest BCUT2D eigenvalue weighted by Gasteiger charge is -2.37. The number of carbonyl (C=O) groups is 1. The number of rotatable bonds is 2. The third kappa shape index (κ3) is 3.38. The average Bonchev–Trinajstić information content (AvgIpc) is 3.35. The zero-order chi connectivity index (χ0) is 20.0. The molecule has 1 aromatic heterocycles. The van der Waals surface area contributed by atoms with Gasteiger partial charge >= 0.3 is 6.03 Å². The lowest BCUT2D eigenvalue weighted by atomic mass is 9.92. The van der Waals surface area contributed by atoms with Crippen LogP contribution in [0.15, 0.2) is 42.5 Å². The Morgan fingerprint density at radius 1 is 1.14 bits per heavy atom. The molecule has 4 nitrogen and oxygen atoms in total. The number of fused-ring (bicyclic) bond motifs is 3. The zero-order valence-electron chi connectivity index (χ0n) is 16.1. The van der Waals surface area contributed by atoms with Crippen molar-refractivity contribution < 1.29 is 9.18 Å². The van der Waals surface area contributed by atoms with Crippen molar-refractivity contribution in [2.45, 2.75) is 44.2 Å². The lowest BCUT2D eigenvalue weighted by Crippen LogP contribution is -2.48. The minimum absolute atomic E-state index is 0.0476. The largest absolute Gasteiger partial charge is 0.356 e. The molecule has 0 saturated heterocycles. The van der Waals surface area contributed by atoms with Crippen LogP contribution in [0.4, 0.5) is 9.18 Å². The lowest BCUT2D eigenvalue weighted by molar-refractivity contribution is 0.175. The summed E-state index contributed by atoms with van der Waals surface area (Å²) in [6, 6.07) is 12.2. The maximum absolute atomic E-state index is 13.6. The van der Waals surface area contributed by atoms with Crippen LogP contribution < -0.4 is 5.32 Å². The highest BCUT2D eigenvalue weighted by Crippen LogP contribution is 2.39. The van der Waals surface area contributed by atoms with E-state index in [4.69, 9.17) is 11.6 Å². The number of aromatic nitrogens is 1. The van der Waals surface area contributed by atoms with Crippen LogP contribution in [0.1, 0.15) is 48.5 Å². The van der Waals surface area contributed by atoms with Crippen molar-refractivity contribution >= 4 is 28.5 Å². The third-order valence-electron chi connectivity index (χ3n) is 6.22. The molecule has 2 N–H and O–H groups in total. The first-order chi connectivity index (χ1) is 14.1. The molecule has 2 amide bonds. The number of hydrogen-bond donors (Lipinski definition) is 2. The summed E-state index contributed by atoms with van der Waals surface area (Å²) in [6.45, 7) is 0.604. The van der Waals surface area contributed by atoms with Gasteiger partial charge < -0.3 is 15.2 Å². The number of carbonyl (C=O) groups excluding carboxylic acids is 1. The van der Waals surface area contributed by atoms with Crippen LogP contribution in [0.25, 0.3) is 10.9 Å². The molecule has 0 spiro atoms. The molecule has 5 rings (SSSR count). The van der Waals surface area contributed by atoms with E-state index >= 15 is 0 Å². The first kappa shape index (κ1) is 18.5. The fourth-order valence-electron chi connectivity index (χ4n) is 4.80. The number of nitrogens with zero attached hydrogens (tertiary/aromatic N) is 1. The summed E-state index contributed by atoms with van der Waals surface area (Å²) >= 11 is 6.23. The van der Waals surface area contributed by atoms with Crippen LogP contribution in [0, 0.1) is 5.82 Å². The number of aromatic amines is 1. The molecule has 1 unspecified atom stereocenters. The Morgan fingerprint density at radius 3 is 2.66 bits per heavy atom. The van der Waals surface area contributed by atoms with Crippen molar-refractivity contribution in [3.8, 4) is 0 Å². The van der Waals surface area contributed by atoms with E-state index in [0.29, 0.717) is 11.6 Å². The smallest absolute Gasteiger partial charge is 0.318 e. The maximum Gasteiger partial charge on any atom is 0.318 e. The minimum atomic E-state index is -0.285. The van der Waals surface area contributed by atoms with Gasteiger partial charge in [0, 0.05) is 34.2 Å². The van der Waals surface area contributed by atoms with Gasteiger partial charge in [0.05, 0.1) is 6.04 Å². The van der Waals surface area contributed by atoms with Crippen LogP contribution in [0.2, 0.25) is 5.02 Å². The van der Waals surface area contributed by atoms with E-state index in [2.05, 4.69) is 10.3 Å². The second-order valence-electron chi connectivity index (χ2n) is 8.04. The van der Waals surface area contributed by atoms with E-state index in [1.807, 2.05) is 23.1 Å². The number of halogens is 2. The summed E-state index contributed by atoms with van der Waals surface area (Å²) in [7, 11) is 0. The molecule has 150 valence electrons. The fraction of sp³-hybridized carbons (Fsp3) is 0.348. The topological polar surface area (TPSA) is 48.1 Å². The van der Waals surface area contributed by atoms with E-state index in [9.17, 15) is 9.18 Å². The van der Waals surface area contributed by atoms with Gasteiger partial charge in [0.25, 0.3) is 0 Å². The Kier molecular flexibility index (Phi) is 4.70. The average molecular weight is 412 g/mol. The van der Waals surface area contributed by atoms with Gasteiger partial charge in [-0.15, -0.1) is 0 Å². The van der Waals surface area contributed by atoms with Gasteiger partial charge in [0.1, 0.15) is 5.82 Å². The predicted molar refractivity (Wildman–Crippen MR) is 113 cm³/mol. The molecule has 2 aromatic carbocycles. The Labute approximate surface area is 174 Å². The van der Waals surface area contributed by atoms with E-state index in [1.54, 1.807) is 12.1 Å². The number of amides is 2. The second kappa shape index (κ2) is 7.38. The second-order valence-corrected chi connectivity index (χ2v) is 8.47. The predicted octanol–water partition coefficient (Wildman–Crippen LogP) is 5.56. The molecule has 0 radical (unpaired) electrons. The molecule has 1 saturated carbocycles. The normalized spacial score (nSPS) is 19.5. The summed E-state index contributed by atoms with van der Waals surface area (Å²) in [4.78, 5) is 18.6. The van der Waals surface area contributed by atoms with Crippen molar-refractivity contribution in [1.29, 1.82) is 0 Å². The monoisotopic (exact) mass is 411 g/mol. The molecule has 2 heterocycles. The third-order valence-corrected chi connectivity index (χ3v) is 6.45. The van der Waals surface area contributed by atoms with Gasteiger partial charge in [0.2, 0.25) is 0 Å². The fourth-order valence-corrected chi connectivity index (χ4v) is 4.97. The van der Waals surface area contributed by atoms with Crippen molar-refractivity contribution in [2.75, 3.05) is 6.54 Å². The number of nitrogens with one attached hydrogen (secondary N) is 2. The Balaban J connectivity index is 1.58. The Morgan fingerprint density at radius 2 is 1.90 bits per heavy atom. The summed E-state index contributed by atoms with van der Waals surface area (Å²) in [5, 5.41) is 5.00. The molecule has 1 aliphatic heterocycles. The van der Waals surface area contributed by atoms with Crippen molar-refractivity contribution in [1.82, 2.24) is 15.2 Å². The standard InChI is InChI=1S/C23H23ClFN3O/c24-15-7-10-20-19(13-15)18-11-12-28(23(29)26-17-3-1-2-4-17)22(21(18)27-20)14-5-8-16(25)9-6-14/h5-10,13,17,22,27H,1-4,11-12H2,(H,26,29). The first-order valence-corrected chi connectivity index (χ1v) is 10.6. The molecule has 29 heavy (non-hydrogen) atoms. The van der Waals surface area contributed by atoms with Gasteiger partial charge in [0.15, 0.2) is 0 Å². The van der Waals surface area contributed by atoms with Crippen LogP contribution in [-0.2, 0) is 6.42 Å². The van der Waals surface area contributed by atoms with Gasteiger partial charge in [-0.05, 0) is 60.7 Å². The molecule has 1 fully saturated rings. The van der Waals surface area contributed by atoms with Crippen LogP contribution >= 0.6 is 11.6 Å². The molecule has 0 bridgehead atoms. The highest BCUT2D eigenvalue weighted by molar-refractivity contribution is 6.31. The first-order valence-electron chi connectivity index (χ1n) is 10.2. The van der Waals surface area contributed by atoms with E-state index in [0.717, 1.165) is 41.4 Å². The van der Waals surface area contributed by atoms with Gasteiger partial charge in [-0.1, -0.05) is 36.6 Å². The van der Waals surface area contributed by atoms with Gasteiger partial charge in [-0.3, -0.25) is 0 Å². The molecule has 3 aromatic rings. The van der Waals surface area contributed by atoms with Crippen LogP contribution in [0.3, 0.4) is 0 Å². The maximum atomic E-state index is 13.6. The Hall–Kier alpha value is -2.53. The minimum Gasteiger partial charge on any atom is -0.356 e. The summed E-state index contributed by atoms with van der Waals surface area (Å²) in [5.41, 5.74) is 4.07. The quantitative estimate of drug-likeness (QED) is 0.569. The van der Waals surface area contributed by atoms with Crippen LogP contribution in [-0.4, -0.2) is 28.5 Å². The summed E-state index contributed by atoms with van der Waals surface area (Å²) in [6.07, 6.45) is 5.16.